The van der Waals surface area contributed by atoms with Crippen LogP contribution in [-0.4, -0.2) is 24.9 Å². The Bertz CT molecular complexity index is 682. The van der Waals surface area contributed by atoms with Crippen molar-refractivity contribution in [2.75, 3.05) is 7.05 Å². The van der Waals surface area contributed by atoms with E-state index in [4.69, 9.17) is 0 Å². The standard InChI is InChI=1S/C12H12BrNO3S2/c1-14(8-9-4-2-3-5-10(9)15)19(16,17)12-7-6-11(13)18-12/h2-7,15H,8H2,1H3. The summed E-state index contributed by atoms with van der Waals surface area (Å²) in [5.41, 5.74) is 0.573. The number of thiophene rings is 1. The lowest BCUT2D eigenvalue weighted by Crippen LogP contribution is -2.25. The van der Waals surface area contributed by atoms with Crippen molar-refractivity contribution in [3.05, 3.63) is 45.7 Å². The number of hydrogen-bond donors (Lipinski definition) is 1. The van der Waals surface area contributed by atoms with E-state index in [0.717, 1.165) is 15.1 Å². The molecule has 0 aliphatic carbocycles. The molecule has 0 amide bonds. The Morgan fingerprint density at radius 2 is 1.95 bits per heavy atom. The van der Waals surface area contributed by atoms with Gasteiger partial charge in [-0.2, -0.15) is 4.31 Å². The molecule has 19 heavy (non-hydrogen) atoms. The first-order chi connectivity index (χ1) is 8.91. The molecule has 0 aliphatic heterocycles. The minimum atomic E-state index is -3.52. The SMILES string of the molecule is CN(Cc1ccccc1O)S(=O)(=O)c1ccc(Br)s1. The predicted molar refractivity (Wildman–Crippen MR) is 78.8 cm³/mol. The summed E-state index contributed by atoms with van der Waals surface area (Å²) in [6.07, 6.45) is 0. The van der Waals surface area contributed by atoms with E-state index in [0.29, 0.717) is 5.56 Å². The normalized spacial score (nSPS) is 11.9. The zero-order chi connectivity index (χ0) is 14.0. The fraction of sp³-hybridized carbons (Fsp3) is 0.167. The highest BCUT2D eigenvalue weighted by Gasteiger charge is 2.23. The molecule has 1 heterocycles. The maximum Gasteiger partial charge on any atom is 0.252 e. The van der Waals surface area contributed by atoms with Gasteiger partial charge >= 0.3 is 0 Å². The summed E-state index contributed by atoms with van der Waals surface area (Å²) < 4.78 is 26.9. The zero-order valence-corrected chi connectivity index (χ0v) is 13.3. The molecule has 0 fully saturated rings. The monoisotopic (exact) mass is 361 g/mol. The van der Waals surface area contributed by atoms with Crippen molar-refractivity contribution in [2.24, 2.45) is 0 Å². The molecule has 0 aliphatic rings. The van der Waals surface area contributed by atoms with E-state index in [2.05, 4.69) is 15.9 Å². The van der Waals surface area contributed by atoms with Gasteiger partial charge in [-0.3, -0.25) is 0 Å². The van der Waals surface area contributed by atoms with Gasteiger partial charge in [0.15, 0.2) is 0 Å². The number of nitrogens with zero attached hydrogens (tertiary/aromatic N) is 1. The largest absolute Gasteiger partial charge is 0.508 e. The summed E-state index contributed by atoms with van der Waals surface area (Å²) in [5, 5.41) is 9.67. The van der Waals surface area contributed by atoms with Gasteiger partial charge in [-0.25, -0.2) is 8.42 Å². The second kappa shape index (κ2) is 5.62. The minimum Gasteiger partial charge on any atom is -0.508 e. The topological polar surface area (TPSA) is 57.6 Å². The quantitative estimate of drug-likeness (QED) is 0.910. The molecule has 2 rings (SSSR count). The average Bonchev–Trinajstić information content (AvgIpc) is 2.79. The van der Waals surface area contributed by atoms with Gasteiger partial charge in [-0.05, 0) is 34.1 Å². The van der Waals surface area contributed by atoms with Crippen LogP contribution in [-0.2, 0) is 16.6 Å². The number of halogens is 1. The molecule has 1 aromatic carbocycles. The van der Waals surface area contributed by atoms with E-state index in [1.807, 2.05) is 0 Å². The van der Waals surface area contributed by atoms with E-state index in [1.54, 1.807) is 30.3 Å². The van der Waals surface area contributed by atoms with Crippen molar-refractivity contribution in [3.8, 4) is 5.75 Å². The third-order valence-electron chi connectivity index (χ3n) is 2.60. The van der Waals surface area contributed by atoms with Crippen LogP contribution in [0.2, 0.25) is 0 Å². The molecule has 0 bridgehead atoms. The fourth-order valence-electron chi connectivity index (χ4n) is 1.56. The lowest BCUT2D eigenvalue weighted by atomic mass is 10.2. The number of benzene rings is 1. The van der Waals surface area contributed by atoms with E-state index in [1.165, 1.54) is 17.4 Å². The maximum atomic E-state index is 12.3. The molecule has 4 nitrogen and oxygen atoms in total. The van der Waals surface area contributed by atoms with Gasteiger partial charge in [-0.15, -0.1) is 11.3 Å². The Labute approximate surface area is 124 Å². The zero-order valence-electron chi connectivity index (χ0n) is 10.1. The summed E-state index contributed by atoms with van der Waals surface area (Å²) in [7, 11) is -2.03. The van der Waals surface area contributed by atoms with Crippen molar-refractivity contribution in [1.29, 1.82) is 0 Å². The number of hydrogen-bond acceptors (Lipinski definition) is 4. The fourth-order valence-corrected chi connectivity index (χ4v) is 4.93. The van der Waals surface area contributed by atoms with Crippen LogP contribution < -0.4 is 0 Å². The predicted octanol–water partition coefficient (Wildman–Crippen LogP) is 3.04. The van der Waals surface area contributed by atoms with Crippen LogP contribution in [0.25, 0.3) is 0 Å². The van der Waals surface area contributed by atoms with Crippen molar-refractivity contribution in [1.82, 2.24) is 4.31 Å². The van der Waals surface area contributed by atoms with Gasteiger partial charge in [0.25, 0.3) is 10.0 Å². The van der Waals surface area contributed by atoms with Crippen LogP contribution >= 0.6 is 27.3 Å². The smallest absolute Gasteiger partial charge is 0.252 e. The number of phenolic OH excluding ortho intramolecular Hbond substituents is 1. The summed E-state index contributed by atoms with van der Waals surface area (Å²) in [6, 6.07) is 9.96. The minimum absolute atomic E-state index is 0.0944. The first kappa shape index (κ1) is 14.5. The molecule has 0 spiro atoms. The van der Waals surface area contributed by atoms with Crippen molar-refractivity contribution >= 4 is 37.3 Å². The Balaban J connectivity index is 2.25. The lowest BCUT2D eigenvalue weighted by molar-refractivity contribution is 0.436. The molecule has 1 aromatic heterocycles. The molecule has 0 unspecified atom stereocenters. The third-order valence-corrected chi connectivity index (χ3v) is 6.49. The first-order valence-corrected chi connectivity index (χ1v) is 8.45. The lowest BCUT2D eigenvalue weighted by Gasteiger charge is -2.16. The van der Waals surface area contributed by atoms with Gasteiger partial charge in [0.1, 0.15) is 9.96 Å². The Hall–Kier alpha value is -0.890. The second-order valence-electron chi connectivity index (χ2n) is 3.95. The van der Waals surface area contributed by atoms with E-state index < -0.39 is 10.0 Å². The van der Waals surface area contributed by atoms with E-state index in [-0.39, 0.29) is 16.5 Å². The molecular formula is C12H12BrNO3S2. The number of para-hydroxylation sites is 1. The van der Waals surface area contributed by atoms with Crippen LogP contribution in [0.3, 0.4) is 0 Å². The maximum absolute atomic E-state index is 12.3. The number of rotatable bonds is 4. The third kappa shape index (κ3) is 3.17. The summed E-state index contributed by atoms with van der Waals surface area (Å²) >= 11 is 4.41. The van der Waals surface area contributed by atoms with Crippen LogP contribution in [0.1, 0.15) is 5.56 Å². The molecule has 7 heteroatoms. The number of aromatic hydroxyl groups is 1. The van der Waals surface area contributed by atoms with Gasteiger partial charge in [0.05, 0.1) is 3.79 Å². The highest BCUT2D eigenvalue weighted by Crippen LogP contribution is 2.29. The molecule has 102 valence electrons. The van der Waals surface area contributed by atoms with Gasteiger partial charge in [0, 0.05) is 19.2 Å². The van der Waals surface area contributed by atoms with Crippen LogP contribution in [0.5, 0.6) is 5.75 Å². The highest BCUT2D eigenvalue weighted by molar-refractivity contribution is 9.11. The Morgan fingerprint density at radius 1 is 1.26 bits per heavy atom. The van der Waals surface area contributed by atoms with Crippen molar-refractivity contribution < 1.29 is 13.5 Å². The summed E-state index contributed by atoms with van der Waals surface area (Å²) in [4.78, 5) is 0. The van der Waals surface area contributed by atoms with Crippen LogP contribution in [0.15, 0.2) is 44.4 Å². The molecule has 0 saturated carbocycles. The van der Waals surface area contributed by atoms with Gasteiger partial charge < -0.3 is 5.11 Å². The van der Waals surface area contributed by atoms with Crippen LogP contribution in [0, 0.1) is 0 Å². The Kier molecular flexibility index (Phi) is 4.29. The van der Waals surface area contributed by atoms with Gasteiger partial charge in [-0.1, -0.05) is 18.2 Å². The number of phenols is 1. The van der Waals surface area contributed by atoms with Gasteiger partial charge in [0.2, 0.25) is 0 Å². The average molecular weight is 362 g/mol. The van der Waals surface area contributed by atoms with E-state index >= 15 is 0 Å². The molecule has 0 atom stereocenters. The molecule has 1 N–H and O–H groups in total. The highest BCUT2D eigenvalue weighted by atomic mass is 79.9. The molecule has 0 saturated heterocycles. The summed E-state index contributed by atoms with van der Waals surface area (Å²) in [6.45, 7) is 0.129. The Morgan fingerprint density at radius 3 is 2.53 bits per heavy atom. The van der Waals surface area contributed by atoms with Crippen molar-refractivity contribution in [2.45, 2.75) is 10.8 Å². The van der Waals surface area contributed by atoms with Crippen molar-refractivity contribution in [3.63, 3.8) is 0 Å². The number of sulfonamides is 1. The van der Waals surface area contributed by atoms with Crippen LogP contribution in [0.4, 0.5) is 0 Å². The van der Waals surface area contributed by atoms with E-state index in [9.17, 15) is 13.5 Å². The molecule has 2 aromatic rings. The first-order valence-electron chi connectivity index (χ1n) is 5.40. The molecular weight excluding hydrogens is 350 g/mol. The summed E-state index contributed by atoms with van der Waals surface area (Å²) in [5.74, 6) is 0.0944. The molecule has 0 radical (unpaired) electrons. The second-order valence-corrected chi connectivity index (χ2v) is 8.68.